The minimum Gasteiger partial charge on any atom is -0.349 e. The Morgan fingerprint density at radius 2 is 2.11 bits per heavy atom. The summed E-state index contributed by atoms with van der Waals surface area (Å²) in [6.07, 6.45) is 2.89. The Bertz CT molecular complexity index is 822. The fraction of sp³-hybridized carbons (Fsp3) is 0.476. The van der Waals surface area contributed by atoms with Crippen molar-refractivity contribution < 1.29 is 9.59 Å². The van der Waals surface area contributed by atoms with Crippen molar-refractivity contribution in [3.63, 3.8) is 0 Å². The molecule has 0 saturated carbocycles. The molecule has 2 aromatic rings. The Labute approximate surface area is 166 Å². The molecule has 28 heavy (non-hydrogen) atoms. The third-order valence-electron chi connectivity index (χ3n) is 5.26. The zero-order valence-corrected chi connectivity index (χ0v) is 16.6. The highest BCUT2D eigenvalue weighted by atomic mass is 16.1. The molecule has 7 heteroatoms. The molecule has 0 bridgehead atoms. The van der Waals surface area contributed by atoms with Gasteiger partial charge in [-0.1, -0.05) is 19.9 Å². The molecule has 0 unspecified atom stereocenters. The Kier molecular flexibility index (Phi) is 6.95. The van der Waals surface area contributed by atoms with E-state index < -0.39 is 0 Å². The predicted octanol–water partition coefficient (Wildman–Crippen LogP) is 2.30. The van der Waals surface area contributed by atoms with Crippen molar-refractivity contribution in [3.8, 4) is 0 Å². The van der Waals surface area contributed by atoms with Gasteiger partial charge in [-0.2, -0.15) is 0 Å². The van der Waals surface area contributed by atoms with Crippen LogP contribution in [0.25, 0.3) is 10.9 Å². The maximum Gasteiger partial charge on any atom is 0.269 e. The molecule has 0 radical (unpaired) electrons. The molecule has 1 aromatic carbocycles. The lowest BCUT2D eigenvalue weighted by Crippen LogP contribution is -2.35. The topological polar surface area (TPSA) is 77.6 Å². The first kappa shape index (κ1) is 20.2. The first-order valence-corrected chi connectivity index (χ1v) is 10.0. The van der Waals surface area contributed by atoms with Gasteiger partial charge in [0.2, 0.25) is 0 Å². The van der Waals surface area contributed by atoms with E-state index in [1.807, 2.05) is 29.3 Å². The van der Waals surface area contributed by atoms with Crippen molar-refractivity contribution in [2.75, 3.05) is 38.1 Å². The summed E-state index contributed by atoms with van der Waals surface area (Å²) in [5, 5.41) is 5.86. The number of pyridine rings is 1. The minimum absolute atomic E-state index is 0.0729. The van der Waals surface area contributed by atoms with E-state index in [4.69, 9.17) is 0 Å². The normalized spacial score (nSPS) is 17.2. The first-order valence-electron chi connectivity index (χ1n) is 10.0. The maximum atomic E-state index is 12.4. The SMILES string of the molecule is CCN(CC)CCNC(=O)c1ccc2cc(NN3CCC[C@H]3C=O)ccc2n1. The molecule has 1 aromatic heterocycles. The summed E-state index contributed by atoms with van der Waals surface area (Å²) in [6, 6.07) is 9.41. The van der Waals surface area contributed by atoms with Gasteiger partial charge in [-0.05, 0) is 50.2 Å². The highest BCUT2D eigenvalue weighted by Gasteiger charge is 2.23. The lowest BCUT2D eigenvalue weighted by Gasteiger charge is -2.22. The predicted molar refractivity (Wildman–Crippen MR) is 111 cm³/mol. The third kappa shape index (κ3) is 4.85. The molecule has 1 amide bonds. The summed E-state index contributed by atoms with van der Waals surface area (Å²) < 4.78 is 0. The molecular formula is C21H29N5O2. The summed E-state index contributed by atoms with van der Waals surface area (Å²) >= 11 is 0. The zero-order valence-electron chi connectivity index (χ0n) is 16.6. The number of fused-ring (bicyclic) bond motifs is 1. The Morgan fingerprint density at radius 1 is 1.29 bits per heavy atom. The van der Waals surface area contributed by atoms with Crippen LogP contribution in [0.15, 0.2) is 30.3 Å². The first-order chi connectivity index (χ1) is 13.6. The van der Waals surface area contributed by atoms with E-state index in [0.29, 0.717) is 12.2 Å². The average Bonchev–Trinajstić information content (AvgIpc) is 3.17. The molecule has 2 N–H and O–H groups in total. The van der Waals surface area contributed by atoms with Crippen molar-refractivity contribution in [3.05, 3.63) is 36.0 Å². The van der Waals surface area contributed by atoms with Crippen LogP contribution in [-0.4, -0.2) is 65.9 Å². The van der Waals surface area contributed by atoms with Crippen LogP contribution in [0.3, 0.4) is 0 Å². The van der Waals surface area contributed by atoms with E-state index in [2.05, 4.69) is 34.5 Å². The highest BCUT2D eigenvalue weighted by molar-refractivity contribution is 5.95. The molecule has 3 rings (SSSR count). The summed E-state index contributed by atoms with van der Waals surface area (Å²) in [6.45, 7) is 8.47. The Morgan fingerprint density at radius 3 is 2.86 bits per heavy atom. The number of hydrogen-bond acceptors (Lipinski definition) is 6. The lowest BCUT2D eigenvalue weighted by atomic mass is 10.2. The Balaban J connectivity index is 1.64. The fourth-order valence-electron chi connectivity index (χ4n) is 3.52. The number of aldehydes is 1. The smallest absolute Gasteiger partial charge is 0.269 e. The number of hydrogen-bond donors (Lipinski definition) is 2. The maximum absolute atomic E-state index is 12.4. The molecule has 150 valence electrons. The Hall–Kier alpha value is -2.51. The van der Waals surface area contributed by atoms with Crippen LogP contribution >= 0.6 is 0 Å². The summed E-state index contributed by atoms with van der Waals surface area (Å²) in [5.41, 5.74) is 5.43. The van der Waals surface area contributed by atoms with Crippen molar-refractivity contribution in [1.29, 1.82) is 0 Å². The van der Waals surface area contributed by atoms with Crippen LogP contribution in [0.4, 0.5) is 5.69 Å². The molecule has 2 heterocycles. The average molecular weight is 383 g/mol. The highest BCUT2D eigenvalue weighted by Crippen LogP contribution is 2.22. The van der Waals surface area contributed by atoms with Crippen molar-refractivity contribution in [2.45, 2.75) is 32.7 Å². The number of nitrogens with one attached hydrogen (secondary N) is 2. The number of carbonyl (C=O) groups is 2. The van der Waals surface area contributed by atoms with Crippen molar-refractivity contribution in [2.24, 2.45) is 0 Å². The van der Waals surface area contributed by atoms with Crippen molar-refractivity contribution in [1.82, 2.24) is 20.2 Å². The molecule has 7 nitrogen and oxygen atoms in total. The standard InChI is InChI=1S/C21H29N5O2/c1-3-25(4-2)13-11-22-21(28)20-9-7-16-14-17(8-10-19(16)23-20)24-26-12-5-6-18(26)15-27/h7-10,14-15,18,24H,3-6,11-13H2,1-2H3,(H,22,28)/t18-/m0/s1. The van der Waals surface area contributed by atoms with Crippen LogP contribution < -0.4 is 10.7 Å². The van der Waals surface area contributed by atoms with E-state index in [-0.39, 0.29) is 11.9 Å². The van der Waals surface area contributed by atoms with Gasteiger partial charge in [0.05, 0.1) is 11.6 Å². The second-order valence-electron chi connectivity index (χ2n) is 7.04. The number of benzene rings is 1. The van der Waals surface area contributed by atoms with E-state index in [1.165, 1.54) is 0 Å². The second-order valence-corrected chi connectivity index (χ2v) is 7.04. The van der Waals surface area contributed by atoms with E-state index in [0.717, 1.165) is 61.9 Å². The molecule has 1 fully saturated rings. The summed E-state index contributed by atoms with van der Waals surface area (Å²) in [4.78, 5) is 30.3. The number of likely N-dealkylation sites (N-methyl/N-ethyl adjacent to an activating group) is 1. The third-order valence-corrected chi connectivity index (χ3v) is 5.26. The van der Waals surface area contributed by atoms with Gasteiger partial charge in [0.25, 0.3) is 5.91 Å². The molecule has 1 saturated heterocycles. The largest absolute Gasteiger partial charge is 0.349 e. The van der Waals surface area contributed by atoms with Crippen LogP contribution in [0.1, 0.15) is 37.2 Å². The van der Waals surface area contributed by atoms with Crippen LogP contribution in [-0.2, 0) is 4.79 Å². The molecule has 0 spiro atoms. The monoisotopic (exact) mass is 383 g/mol. The number of anilines is 1. The van der Waals surface area contributed by atoms with Gasteiger partial charge in [-0.15, -0.1) is 0 Å². The van der Waals surface area contributed by atoms with Crippen molar-refractivity contribution >= 4 is 28.8 Å². The molecule has 1 aliphatic rings. The number of nitrogens with zero attached hydrogens (tertiary/aromatic N) is 3. The van der Waals surface area contributed by atoms with Gasteiger partial charge in [0.15, 0.2) is 0 Å². The van der Waals surface area contributed by atoms with E-state index in [1.54, 1.807) is 6.07 Å². The van der Waals surface area contributed by atoms with Gasteiger partial charge >= 0.3 is 0 Å². The van der Waals surface area contributed by atoms with Gasteiger partial charge in [-0.25, -0.2) is 9.99 Å². The number of rotatable bonds is 9. The fourth-order valence-corrected chi connectivity index (χ4v) is 3.52. The lowest BCUT2D eigenvalue weighted by molar-refractivity contribution is -0.111. The molecular weight excluding hydrogens is 354 g/mol. The van der Waals surface area contributed by atoms with Crippen LogP contribution in [0.5, 0.6) is 0 Å². The minimum atomic E-state index is -0.151. The van der Waals surface area contributed by atoms with E-state index >= 15 is 0 Å². The molecule has 1 aliphatic heterocycles. The summed E-state index contributed by atoms with van der Waals surface area (Å²) in [5.74, 6) is -0.151. The van der Waals surface area contributed by atoms with Gasteiger partial charge in [0.1, 0.15) is 12.0 Å². The molecule has 1 atom stereocenters. The number of carbonyl (C=O) groups excluding carboxylic acids is 2. The van der Waals surface area contributed by atoms with E-state index in [9.17, 15) is 9.59 Å². The quantitative estimate of drug-likeness (QED) is 0.647. The van der Waals surface area contributed by atoms with Crippen LogP contribution in [0, 0.1) is 0 Å². The number of amides is 1. The number of hydrazine groups is 1. The zero-order chi connectivity index (χ0) is 19.9. The van der Waals surface area contributed by atoms with Crippen LogP contribution in [0.2, 0.25) is 0 Å². The molecule has 0 aliphatic carbocycles. The summed E-state index contributed by atoms with van der Waals surface area (Å²) in [7, 11) is 0. The second kappa shape index (κ2) is 9.61. The van der Waals surface area contributed by atoms with Gasteiger partial charge < -0.3 is 20.4 Å². The number of aromatic nitrogens is 1. The van der Waals surface area contributed by atoms with Gasteiger partial charge in [-0.3, -0.25) is 4.79 Å². The van der Waals surface area contributed by atoms with Gasteiger partial charge in [0, 0.05) is 30.7 Å².